The lowest BCUT2D eigenvalue weighted by molar-refractivity contribution is 0.621. The Morgan fingerprint density at radius 1 is 0.967 bits per heavy atom. The molecule has 0 atom stereocenters. The number of para-hydroxylation sites is 1. The molecule has 0 amide bonds. The lowest BCUT2D eigenvalue weighted by atomic mass is 10.2. The van der Waals surface area contributed by atoms with Gasteiger partial charge in [0.25, 0.3) is 0 Å². The zero-order valence-corrected chi connectivity index (χ0v) is 16.7. The highest BCUT2D eigenvalue weighted by Gasteiger charge is 2.15. The molecule has 2 aromatic carbocycles. The Labute approximate surface area is 173 Å². The summed E-state index contributed by atoms with van der Waals surface area (Å²) in [7, 11) is 0. The van der Waals surface area contributed by atoms with Crippen LogP contribution >= 0.6 is 0 Å². The third-order valence-corrected chi connectivity index (χ3v) is 4.90. The number of hydrogen-bond donors (Lipinski definition) is 0. The van der Waals surface area contributed by atoms with Crippen LogP contribution in [0.2, 0.25) is 0 Å². The topological polar surface area (TPSA) is 74.0 Å². The van der Waals surface area contributed by atoms with E-state index >= 15 is 0 Å². The van der Waals surface area contributed by atoms with Gasteiger partial charge in [-0.1, -0.05) is 48.5 Å². The van der Waals surface area contributed by atoms with E-state index in [-0.39, 0.29) is 0 Å². The molecule has 0 aliphatic carbocycles. The third kappa shape index (κ3) is 3.41. The molecule has 0 unspecified atom stereocenters. The van der Waals surface area contributed by atoms with Crippen LogP contribution in [0.25, 0.3) is 22.4 Å². The molecule has 7 heteroatoms. The quantitative estimate of drug-likeness (QED) is 0.412. The fourth-order valence-corrected chi connectivity index (χ4v) is 3.42. The Bertz CT molecular complexity index is 1290. The normalized spacial score (nSPS) is 11.7. The van der Waals surface area contributed by atoms with Gasteiger partial charge in [0.1, 0.15) is 11.3 Å². The first kappa shape index (κ1) is 18.1. The van der Waals surface area contributed by atoms with Gasteiger partial charge in [0.05, 0.1) is 12.8 Å². The van der Waals surface area contributed by atoms with E-state index in [1.165, 1.54) is 5.56 Å². The maximum absolute atomic E-state index is 6.07. The van der Waals surface area contributed by atoms with Crippen molar-refractivity contribution in [3.05, 3.63) is 89.6 Å². The monoisotopic (exact) mass is 396 g/mol. The predicted molar refractivity (Wildman–Crippen MR) is 115 cm³/mol. The van der Waals surface area contributed by atoms with Gasteiger partial charge < -0.3 is 4.42 Å². The van der Waals surface area contributed by atoms with Crippen molar-refractivity contribution in [2.24, 2.45) is 5.10 Å². The summed E-state index contributed by atoms with van der Waals surface area (Å²) in [5.74, 6) is 2.16. The second-order valence-corrected chi connectivity index (χ2v) is 7.12. The van der Waals surface area contributed by atoms with Crippen LogP contribution in [-0.4, -0.2) is 30.9 Å². The smallest absolute Gasteiger partial charge is 0.156 e. The minimum Gasteiger partial charge on any atom is -0.454 e. The van der Waals surface area contributed by atoms with Gasteiger partial charge >= 0.3 is 0 Å². The Hall–Kier alpha value is -4.00. The summed E-state index contributed by atoms with van der Waals surface area (Å²) in [6.07, 6.45) is 3.76. The summed E-state index contributed by atoms with van der Waals surface area (Å²) in [6.45, 7) is 4.40. The molecule has 0 fully saturated rings. The number of rotatable bonds is 5. The minimum atomic E-state index is 0.659. The van der Waals surface area contributed by atoms with Crippen molar-refractivity contribution in [1.29, 1.82) is 0 Å². The van der Waals surface area contributed by atoms with Crippen LogP contribution < -0.4 is 0 Å². The molecule has 30 heavy (non-hydrogen) atoms. The molecular formula is C23H20N6O. The second-order valence-electron chi connectivity index (χ2n) is 7.12. The van der Waals surface area contributed by atoms with Crippen molar-refractivity contribution >= 4 is 17.2 Å². The van der Waals surface area contributed by atoms with Crippen molar-refractivity contribution in [3.63, 3.8) is 0 Å². The fraction of sp³-hybridized carbons (Fsp3) is 0.130. The Balaban J connectivity index is 1.58. The van der Waals surface area contributed by atoms with E-state index in [2.05, 4.69) is 27.4 Å². The van der Waals surface area contributed by atoms with Gasteiger partial charge in [0, 0.05) is 17.1 Å². The van der Waals surface area contributed by atoms with E-state index in [1.807, 2.05) is 73.3 Å². The van der Waals surface area contributed by atoms with Gasteiger partial charge in [-0.3, -0.25) is 4.68 Å². The van der Waals surface area contributed by atoms with Crippen LogP contribution in [0.15, 0.2) is 76.4 Å². The average molecular weight is 396 g/mol. The summed E-state index contributed by atoms with van der Waals surface area (Å²) in [5.41, 5.74) is 3.61. The number of aromatic nitrogens is 5. The molecule has 0 N–H and O–H groups in total. The van der Waals surface area contributed by atoms with Crippen molar-refractivity contribution in [2.45, 2.75) is 20.4 Å². The van der Waals surface area contributed by atoms with Crippen LogP contribution in [0, 0.1) is 13.8 Å². The average Bonchev–Trinajstić information content (AvgIpc) is 3.44. The van der Waals surface area contributed by atoms with E-state index in [1.54, 1.807) is 10.9 Å². The molecule has 5 aromatic rings. The predicted octanol–water partition coefficient (Wildman–Crippen LogP) is 4.44. The zero-order chi connectivity index (χ0) is 20.5. The maximum atomic E-state index is 6.07. The van der Waals surface area contributed by atoms with Gasteiger partial charge in [-0.05, 0) is 31.5 Å². The van der Waals surface area contributed by atoms with Crippen LogP contribution in [-0.2, 0) is 6.54 Å². The number of fused-ring (bicyclic) bond motifs is 1. The van der Waals surface area contributed by atoms with Gasteiger partial charge in [-0.2, -0.15) is 10.2 Å². The van der Waals surface area contributed by atoms with E-state index in [4.69, 9.17) is 9.52 Å². The van der Waals surface area contributed by atoms with Gasteiger partial charge in [-0.25, -0.2) is 4.68 Å². The summed E-state index contributed by atoms with van der Waals surface area (Å²) >= 11 is 0. The highest BCUT2D eigenvalue weighted by molar-refractivity contribution is 5.90. The van der Waals surface area contributed by atoms with Gasteiger partial charge in [-0.15, -0.1) is 10.2 Å². The highest BCUT2D eigenvalue weighted by atomic mass is 16.3. The zero-order valence-electron chi connectivity index (χ0n) is 16.7. The lowest BCUT2D eigenvalue weighted by Gasteiger charge is -2.00. The van der Waals surface area contributed by atoms with E-state index in [9.17, 15) is 0 Å². The molecule has 3 heterocycles. The van der Waals surface area contributed by atoms with Crippen LogP contribution in [0.3, 0.4) is 0 Å². The first-order valence-electron chi connectivity index (χ1n) is 9.71. The van der Waals surface area contributed by atoms with Gasteiger partial charge in [0.2, 0.25) is 0 Å². The number of benzene rings is 2. The molecule has 148 valence electrons. The highest BCUT2D eigenvalue weighted by Crippen LogP contribution is 2.28. The summed E-state index contributed by atoms with van der Waals surface area (Å²) in [5, 5.41) is 18.5. The molecular weight excluding hydrogens is 376 g/mol. The fourth-order valence-electron chi connectivity index (χ4n) is 3.42. The Morgan fingerprint density at radius 2 is 1.70 bits per heavy atom. The third-order valence-electron chi connectivity index (χ3n) is 4.90. The molecule has 0 saturated carbocycles. The van der Waals surface area contributed by atoms with Crippen molar-refractivity contribution in [1.82, 2.24) is 24.7 Å². The Kier molecular flexibility index (Phi) is 4.48. The first-order valence-corrected chi connectivity index (χ1v) is 9.71. The molecule has 0 radical (unpaired) electrons. The van der Waals surface area contributed by atoms with E-state index in [0.29, 0.717) is 12.3 Å². The first-order chi connectivity index (χ1) is 14.7. The lowest BCUT2D eigenvalue weighted by Crippen LogP contribution is -1.99. The van der Waals surface area contributed by atoms with Crippen molar-refractivity contribution in [3.8, 4) is 11.5 Å². The van der Waals surface area contributed by atoms with Gasteiger partial charge in [0.15, 0.2) is 17.4 Å². The standard InChI is InChI=1S/C23H20N6O/c1-16-25-26-17(2)29(16)24-13-20-15-28(14-18-8-4-3-5-9-18)27-23(20)22-12-19-10-6-7-11-21(19)30-22/h3-13,15H,14H2,1-2H3/b24-13+. The van der Waals surface area contributed by atoms with Crippen LogP contribution in [0.4, 0.5) is 0 Å². The SMILES string of the molecule is Cc1nnc(C)n1/N=C/c1cn(Cc2ccccc2)nc1-c1cc2ccccc2o1. The molecule has 0 aliphatic heterocycles. The minimum absolute atomic E-state index is 0.659. The van der Waals surface area contributed by atoms with Crippen molar-refractivity contribution < 1.29 is 4.42 Å². The van der Waals surface area contributed by atoms with E-state index < -0.39 is 0 Å². The van der Waals surface area contributed by atoms with Crippen LogP contribution in [0.5, 0.6) is 0 Å². The molecule has 5 rings (SSSR count). The van der Waals surface area contributed by atoms with E-state index in [0.717, 1.165) is 33.9 Å². The molecule has 0 spiro atoms. The maximum Gasteiger partial charge on any atom is 0.156 e. The van der Waals surface area contributed by atoms with Crippen molar-refractivity contribution in [2.75, 3.05) is 0 Å². The molecule has 0 saturated heterocycles. The number of nitrogens with zero attached hydrogens (tertiary/aromatic N) is 6. The number of furan rings is 1. The van der Waals surface area contributed by atoms with Crippen LogP contribution in [0.1, 0.15) is 22.8 Å². The molecule has 0 aliphatic rings. The summed E-state index contributed by atoms with van der Waals surface area (Å²) in [4.78, 5) is 0. The largest absolute Gasteiger partial charge is 0.454 e. The number of hydrogen-bond acceptors (Lipinski definition) is 5. The molecule has 7 nitrogen and oxygen atoms in total. The molecule has 0 bridgehead atoms. The number of aryl methyl sites for hydroxylation is 2. The Morgan fingerprint density at radius 3 is 2.47 bits per heavy atom. The summed E-state index contributed by atoms with van der Waals surface area (Å²) in [6, 6.07) is 20.2. The second kappa shape index (κ2) is 7.44. The molecule has 3 aromatic heterocycles. The summed E-state index contributed by atoms with van der Waals surface area (Å²) < 4.78 is 9.69.